The SMILES string of the molecule is COC1CCC(n2ccc3c2CCCC3O)C1. The Morgan fingerprint density at radius 1 is 1.35 bits per heavy atom. The van der Waals surface area contributed by atoms with E-state index in [1.807, 2.05) is 7.11 Å². The van der Waals surface area contributed by atoms with Crippen molar-refractivity contribution in [3.05, 3.63) is 23.5 Å². The minimum absolute atomic E-state index is 0.236. The zero-order valence-corrected chi connectivity index (χ0v) is 10.4. The summed E-state index contributed by atoms with van der Waals surface area (Å²) in [5, 5.41) is 9.98. The monoisotopic (exact) mass is 235 g/mol. The van der Waals surface area contributed by atoms with Gasteiger partial charge in [0, 0.05) is 30.6 Å². The number of hydrogen-bond donors (Lipinski definition) is 1. The Morgan fingerprint density at radius 2 is 2.24 bits per heavy atom. The second kappa shape index (κ2) is 4.46. The minimum Gasteiger partial charge on any atom is -0.388 e. The van der Waals surface area contributed by atoms with E-state index in [1.165, 1.54) is 12.1 Å². The highest BCUT2D eigenvalue weighted by Crippen LogP contribution is 2.37. The van der Waals surface area contributed by atoms with Crippen LogP contribution in [0.25, 0.3) is 0 Å². The van der Waals surface area contributed by atoms with Crippen LogP contribution in [0.4, 0.5) is 0 Å². The number of aliphatic hydroxyl groups is 1. The molecule has 2 aliphatic carbocycles. The topological polar surface area (TPSA) is 34.4 Å². The Labute approximate surface area is 102 Å². The molecule has 3 rings (SSSR count). The Bertz CT molecular complexity index is 399. The van der Waals surface area contributed by atoms with E-state index in [1.54, 1.807) is 0 Å². The first-order chi connectivity index (χ1) is 8.29. The van der Waals surface area contributed by atoms with Gasteiger partial charge in [-0.2, -0.15) is 0 Å². The molecule has 0 aromatic carbocycles. The third-order valence-electron chi connectivity index (χ3n) is 4.39. The summed E-state index contributed by atoms with van der Waals surface area (Å²) in [6, 6.07) is 2.69. The number of fused-ring (bicyclic) bond motifs is 1. The predicted molar refractivity (Wildman–Crippen MR) is 66.0 cm³/mol. The summed E-state index contributed by atoms with van der Waals surface area (Å²) in [4.78, 5) is 0. The molecule has 2 aliphatic rings. The molecule has 3 unspecified atom stereocenters. The van der Waals surface area contributed by atoms with E-state index < -0.39 is 0 Å². The zero-order valence-electron chi connectivity index (χ0n) is 10.4. The van der Waals surface area contributed by atoms with Gasteiger partial charge < -0.3 is 14.4 Å². The van der Waals surface area contributed by atoms with Crippen LogP contribution >= 0.6 is 0 Å². The molecule has 3 heteroatoms. The second-order valence-electron chi connectivity index (χ2n) is 5.36. The average Bonchev–Trinajstić information content (AvgIpc) is 2.94. The highest BCUT2D eigenvalue weighted by molar-refractivity contribution is 5.28. The smallest absolute Gasteiger partial charge is 0.0807 e. The number of methoxy groups -OCH3 is 1. The lowest BCUT2D eigenvalue weighted by molar-refractivity contribution is 0.105. The number of hydrogen-bond acceptors (Lipinski definition) is 2. The van der Waals surface area contributed by atoms with E-state index in [-0.39, 0.29) is 6.10 Å². The normalized spacial score (nSPS) is 32.7. The van der Waals surface area contributed by atoms with Crippen LogP contribution in [-0.2, 0) is 11.2 Å². The molecule has 0 spiro atoms. The van der Waals surface area contributed by atoms with E-state index >= 15 is 0 Å². The lowest BCUT2D eigenvalue weighted by Crippen LogP contribution is -2.15. The van der Waals surface area contributed by atoms with Crippen molar-refractivity contribution in [2.24, 2.45) is 0 Å². The van der Waals surface area contributed by atoms with Gasteiger partial charge in [-0.05, 0) is 44.6 Å². The van der Waals surface area contributed by atoms with Crippen LogP contribution in [0.1, 0.15) is 55.5 Å². The van der Waals surface area contributed by atoms with Crippen LogP contribution in [-0.4, -0.2) is 22.9 Å². The van der Waals surface area contributed by atoms with Crippen molar-refractivity contribution in [1.29, 1.82) is 0 Å². The summed E-state index contributed by atoms with van der Waals surface area (Å²) in [6.07, 6.45) is 8.99. The molecule has 0 bridgehead atoms. The van der Waals surface area contributed by atoms with Gasteiger partial charge in [0.25, 0.3) is 0 Å². The van der Waals surface area contributed by atoms with Crippen LogP contribution in [0.2, 0.25) is 0 Å². The van der Waals surface area contributed by atoms with Crippen molar-refractivity contribution in [1.82, 2.24) is 4.57 Å². The first-order valence-corrected chi connectivity index (χ1v) is 6.70. The van der Waals surface area contributed by atoms with Crippen LogP contribution in [0.3, 0.4) is 0 Å². The van der Waals surface area contributed by atoms with Crippen LogP contribution in [0.5, 0.6) is 0 Å². The largest absolute Gasteiger partial charge is 0.388 e. The molecular weight excluding hydrogens is 214 g/mol. The van der Waals surface area contributed by atoms with Gasteiger partial charge in [-0.25, -0.2) is 0 Å². The van der Waals surface area contributed by atoms with Crippen molar-refractivity contribution >= 4 is 0 Å². The number of nitrogens with zero attached hydrogens (tertiary/aromatic N) is 1. The average molecular weight is 235 g/mol. The summed E-state index contributed by atoms with van der Waals surface area (Å²) in [6.45, 7) is 0. The molecule has 0 radical (unpaired) electrons. The van der Waals surface area contributed by atoms with Gasteiger partial charge in [-0.1, -0.05) is 0 Å². The lowest BCUT2D eigenvalue weighted by Gasteiger charge is -2.23. The van der Waals surface area contributed by atoms with Crippen LogP contribution < -0.4 is 0 Å². The molecule has 1 aromatic heterocycles. The summed E-state index contributed by atoms with van der Waals surface area (Å²) in [5.74, 6) is 0. The maximum absolute atomic E-state index is 9.98. The molecule has 0 amide bonds. The molecule has 1 aromatic rings. The Kier molecular flexibility index (Phi) is 2.97. The van der Waals surface area contributed by atoms with Gasteiger partial charge in [0.05, 0.1) is 12.2 Å². The van der Waals surface area contributed by atoms with Gasteiger partial charge in [-0.15, -0.1) is 0 Å². The van der Waals surface area contributed by atoms with E-state index in [2.05, 4.69) is 16.8 Å². The molecule has 3 atom stereocenters. The highest BCUT2D eigenvalue weighted by Gasteiger charge is 2.29. The maximum atomic E-state index is 9.98. The molecule has 3 nitrogen and oxygen atoms in total. The zero-order chi connectivity index (χ0) is 11.8. The van der Waals surface area contributed by atoms with E-state index in [9.17, 15) is 5.11 Å². The Balaban J connectivity index is 1.85. The van der Waals surface area contributed by atoms with Crippen molar-refractivity contribution in [3.8, 4) is 0 Å². The molecule has 94 valence electrons. The third kappa shape index (κ3) is 1.91. The van der Waals surface area contributed by atoms with Crippen molar-refractivity contribution < 1.29 is 9.84 Å². The van der Waals surface area contributed by atoms with Gasteiger partial charge in [0.1, 0.15) is 0 Å². The van der Waals surface area contributed by atoms with Crippen LogP contribution in [0, 0.1) is 0 Å². The van der Waals surface area contributed by atoms with Crippen molar-refractivity contribution in [2.45, 2.75) is 56.8 Å². The van der Waals surface area contributed by atoms with Crippen LogP contribution in [0.15, 0.2) is 12.3 Å². The maximum Gasteiger partial charge on any atom is 0.0807 e. The summed E-state index contributed by atoms with van der Waals surface area (Å²) in [7, 11) is 1.81. The fourth-order valence-electron chi connectivity index (χ4n) is 3.42. The number of ether oxygens (including phenoxy) is 1. The molecule has 17 heavy (non-hydrogen) atoms. The number of aliphatic hydroxyl groups excluding tert-OH is 1. The summed E-state index contributed by atoms with van der Waals surface area (Å²) in [5.41, 5.74) is 2.53. The van der Waals surface area contributed by atoms with Crippen molar-refractivity contribution in [3.63, 3.8) is 0 Å². The quantitative estimate of drug-likeness (QED) is 0.855. The van der Waals surface area contributed by atoms with Crippen molar-refractivity contribution in [2.75, 3.05) is 7.11 Å². The molecule has 1 saturated carbocycles. The third-order valence-corrected chi connectivity index (χ3v) is 4.39. The molecule has 1 heterocycles. The first-order valence-electron chi connectivity index (χ1n) is 6.70. The van der Waals surface area contributed by atoms with E-state index in [0.717, 1.165) is 37.7 Å². The number of aromatic nitrogens is 1. The Morgan fingerprint density at radius 3 is 3.00 bits per heavy atom. The molecule has 1 N–H and O–H groups in total. The molecule has 0 aliphatic heterocycles. The molecule has 0 saturated heterocycles. The van der Waals surface area contributed by atoms with E-state index in [0.29, 0.717) is 12.1 Å². The Hall–Kier alpha value is -0.800. The highest BCUT2D eigenvalue weighted by atomic mass is 16.5. The lowest BCUT2D eigenvalue weighted by atomic mass is 9.95. The second-order valence-corrected chi connectivity index (χ2v) is 5.36. The van der Waals surface area contributed by atoms with Gasteiger partial charge in [0.2, 0.25) is 0 Å². The summed E-state index contributed by atoms with van der Waals surface area (Å²) >= 11 is 0. The van der Waals surface area contributed by atoms with Gasteiger partial charge in [-0.3, -0.25) is 0 Å². The molecule has 1 fully saturated rings. The minimum atomic E-state index is -0.236. The fourth-order valence-corrected chi connectivity index (χ4v) is 3.42. The fraction of sp³-hybridized carbons (Fsp3) is 0.714. The first kappa shape index (κ1) is 11.3. The summed E-state index contributed by atoms with van der Waals surface area (Å²) < 4.78 is 7.84. The van der Waals surface area contributed by atoms with Gasteiger partial charge >= 0.3 is 0 Å². The molecular formula is C14H21NO2. The standard InChI is InChI=1S/C14H21NO2/c1-17-11-6-5-10(9-11)15-8-7-12-13(15)3-2-4-14(12)16/h7-8,10-11,14,16H,2-6,9H2,1H3. The predicted octanol–water partition coefficient (Wildman–Crippen LogP) is 2.60. The number of rotatable bonds is 2. The van der Waals surface area contributed by atoms with E-state index in [4.69, 9.17) is 4.74 Å². The van der Waals surface area contributed by atoms with Gasteiger partial charge in [0.15, 0.2) is 0 Å².